The number of rotatable bonds is 12. The van der Waals surface area contributed by atoms with Gasteiger partial charge >= 0.3 is 0 Å². The predicted octanol–water partition coefficient (Wildman–Crippen LogP) is 6.38. The molecule has 4 nitrogen and oxygen atoms in total. The van der Waals surface area contributed by atoms with Crippen LogP contribution in [-0.2, 0) is 28.3 Å². The number of nitrogens with one attached hydrogen (secondary N) is 1. The molecule has 36 heavy (non-hydrogen) atoms. The number of hydrogen-bond acceptors (Lipinski definition) is 3. The molecule has 0 aliphatic rings. The van der Waals surface area contributed by atoms with Gasteiger partial charge in [-0.1, -0.05) is 83.5 Å². The maximum absolute atomic E-state index is 14.1. The Bertz CT molecular complexity index is 1140. The lowest BCUT2D eigenvalue weighted by atomic mass is 10.0. The van der Waals surface area contributed by atoms with Gasteiger partial charge in [-0.15, -0.1) is 11.8 Å². The Kier molecular flexibility index (Phi) is 11.0. The summed E-state index contributed by atoms with van der Waals surface area (Å²) in [6.45, 7) is 4.27. The quantitative estimate of drug-likeness (QED) is 0.275. The molecule has 0 fully saturated rings. The Balaban J connectivity index is 1.86. The van der Waals surface area contributed by atoms with Crippen LogP contribution in [0.15, 0.2) is 83.3 Å². The Morgan fingerprint density at radius 1 is 1.00 bits per heavy atom. The standard InChI is InChI=1S/C29H32BrFN2O2S/c1-3-21(2)32-29(35)27(17-22-10-5-4-6-11-22)33(18-23-12-9-14-25(30)16-23)28(34)20-36-19-24-13-7-8-15-26(24)31/h4-16,21,27H,3,17-20H2,1-2H3,(H,32,35). The van der Waals surface area contributed by atoms with Crippen molar-refractivity contribution in [1.29, 1.82) is 0 Å². The zero-order chi connectivity index (χ0) is 25.9. The summed E-state index contributed by atoms with van der Waals surface area (Å²) in [4.78, 5) is 28.8. The van der Waals surface area contributed by atoms with Crippen LogP contribution in [0.2, 0.25) is 0 Å². The van der Waals surface area contributed by atoms with E-state index in [-0.39, 0.29) is 29.4 Å². The highest BCUT2D eigenvalue weighted by Gasteiger charge is 2.31. The zero-order valence-electron chi connectivity index (χ0n) is 20.6. The van der Waals surface area contributed by atoms with Gasteiger partial charge in [-0.2, -0.15) is 0 Å². The van der Waals surface area contributed by atoms with Crippen LogP contribution in [-0.4, -0.2) is 34.6 Å². The van der Waals surface area contributed by atoms with Crippen molar-refractivity contribution in [1.82, 2.24) is 10.2 Å². The van der Waals surface area contributed by atoms with Crippen LogP contribution in [0.1, 0.15) is 37.0 Å². The fourth-order valence-corrected chi connectivity index (χ4v) is 5.12. The molecule has 3 aromatic carbocycles. The second-order valence-electron chi connectivity index (χ2n) is 8.76. The molecule has 0 aromatic heterocycles. The first kappa shape index (κ1) is 27.9. The van der Waals surface area contributed by atoms with Gasteiger partial charge in [0, 0.05) is 29.2 Å². The Morgan fingerprint density at radius 2 is 1.69 bits per heavy atom. The summed E-state index contributed by atoms with van der Waals surface area (Å²) in [6.07, 6.45) is 1.20. The molecule has 2 unspecified atom stereocenters. The minimum atomic E-state index is -0.679. The van der Waals surface area contributed by atoms with Gasteiger partial charge in [0.25, 0.3) is 0 Å². The van der Waals surface area contributed by atoms with E-state index < -0.39 is 6.04 Å². The zero-order valence-corrected chi connectivity index (χ0v) is 23.0. The number of carbonyl (C=O) groups is 2. The highest BCUT2D eigenvalue weighted by atomic mass is 79.9. The summed E-state index contributed by atoms with van der Waals surface area (Å²) in [7, 11) is 0. The fraction of sp³-hybridized carbons (Fsp3) is 0.310. The normalized spacial score (nSPS) is 12.6. The van der Waals surface area contributed by atoms with Crippen molar-refractivity contribution in [3.63, 3.8) is 0 Å². The van der Waals surface area contributed by atoms with E-state index in [1.165, 1.54) is 17.8 Å². The van der Waals surface area contributed by atoms with E-state index in [0.717, 1.165) is 22.0 Å². The lowest BCUT2D eigenvalue weighted by Crippen LogP contribution is -2.52. The fourth-order valence-electron chi connectivity index (χ4n) is 3.77. The van der Waals surface area contributed by atoms with Crippen molar-refractivity contribution in [2.45, 2.75) is 51.1 Å². The van der Waals surface area contributed by atoms with E-state index in [4.69, 9.17) is 0 Å². The van der Waals surface area contributed by atoms with Crippen molar-refractivity contribution in [3.05, 3.63) is 106 Å². The van der Waals surface area contributed by atoms with Gasteiger partial charge in [0.05, 0.1) is 5.75 Å². The second kappa shape index (κ2) is 14.2. The molecule has 0 bridgehead atoms. The molecule has 0 spiro atoms. The van der Waals surface area contributed by atoms with Crippen LogP contribution < -0.4 is 5.32 Å². The molecule has 2 atom stereocenters. The van der Waals surface area contributed by atoms with Crippen molar-refractivity contribution in [3.8, 4) is 0 Å². The van der Waals surface area contributed by atoms with E-state index in [9.17, 15) is 14.0 Å². The molecule has 7 heteroatoms. The van der Waals surface area contributed by atoms with Gasteiger partial charge in [-0.3, -0.25) is 9.59 Å². The molecule has 3 rings (SSSR count). The molecule has 2 amide bonds. The second-order valence-corrected chi connectivity index (χ2v) is 10.7. The van der Waals surface area contributed by atoms with E-state index >= 15 is 0 Å². The van der Waals surface area contributed by atoms with Crippen LogP contribution in [0, 0.1) is 5.82 Å². The van der Waals surface area contributed by atoms with Crippen molar-refractivity contribution < 1.29 is 14.0 Å². The molecule has 0 heterocycles. The van der Waals surface area contributed by atoms with Gasteiger partial charge < -0.3 is 10.2 Å². The Labute approximate surface area is 225 Å². The average molecular weight is 572 g/mol. The molecule has 190 valence electrons. The van der Waals surface area contributed by atoms with E-state index in [1.807, 2.05) is 68.4 Å². The summed E-state index contributed by atoms with van der Waals surface area (Å²) in [5.41, 5.74) is 2.46. The molecular formula is C29H32BrFN2O2S. The first-order valence-corrected chi connectivity index (χ1v) is 14.0. The smallest absolute Gasteiger partial charge is 0.243 e. The summed E-state index contributed by atoms with van der Waals surface area (Å²) in [5, 5.41) is 3.07. The molecule has 3 aromatic rings. The van der Waals surface area contributed by atoms with Gasteiger partial charge in [0.2, 0.25) is 11.8 Å². The Morgan fingerprint density at radius 3 is 2.39 bits per heavy atom. The monoisotopic (exact) mass is 570 g/mol. The number of carbonyl (C=O) groups excluding carboxylic acids is 2. The lowest BCUT2D eigenvalue weighted by molar-refractivity contribution is -0.139. The minimum Gasteiger partial charge on any atom is -0.352 e. The number of amides is 2. The van der Waals surface area contributed by atoms with Gasteiger partial charge in [0.1, 0.15) is 11.9 Å². The van der Waals surface area contributed by atoms with Gasteiger partial charge in [-0.05, 0) is 48.2 Å². The maximum atomic E-state index is 14.1. The van der Waals surface area contributed by atoms with Crippen LogP contribution in [0.25, 0.3) is 0 Å². The topological polar surface area (TPSA) is 49.4 Å². The molecule has 0 aliphatic heterocycles. The summed E-state index contributed by atoms with van der Waals surface area (Å²) >= 11 is 4.86. The molecule has 1 N–H and O–H groups in total. The third kappa shape index (κ3) is 8.49. The average Bonchev–Trinajstić information content (AvgIpc) is 2.87. The maximum Gasteiger partial charge on any atom is 0.243 e. The van der Waals surface area contributed by atoms with Crippen molar-refractivity contribution in [2.24, 2.45) is 0 Å². The first-order valence-electron chi connectivity index (χ1n) is 12.1. The number of thioether (sulfide) groups is 1. The van der Waals surface area contributed by atoms with Crippen LogP contribution >= 0.6 is 27.7 Å². The summed E-state index contributed by atoms with van der Waals surface area (Å²) < 4.78 is 15.0. The van der Waals surface area contributed by atoms with E-state index in [0.29, 0.717) is 24.3 Å². The third-order valence-electron chi connectivity index (χ3n) is 5.96. The van der Waals surface area contributed by atoms with Crippen molar-refractivity contribution in [2.75, 3.05) is 5.75 Å². The van der Waals surface area contributed by atoms with Gasteiger partial charge in [0.15, 0.2) is 0 Å². The van der Waals surface area contributed by atoms with Crippen molar-refractivity contribution >= 4 is 39.5 Å². The number of nitrogens with zero attached hydrogens (tertiary/aromatic N) is 1. The molecular weight excluding hydrogens is 539 g/mol. The predicted molar refractivity (Wildman–Crippen MR) is 149 cm³/mol. The summed E-state index contributed by atoms with van der Waals surface area (Å²) in [6, 6.07) is 23.4. The molecule has 0 saturated heterocycles. The largest absolute Gasteiger partial charge is 0.352 e. The Hall–Kier alpha value is -2.64. The highest BCUT2D eigenvalue weighted by Crippen LogP contribution is 2.21. The number of halogens is 2. The van der Waals surface area contributed by atoms with Crippen LogP contribution in [0.3, 0.4) is 0 Å². The number of hydrogen-bond donors (Lipinski definition) is 1. The first-order chi connectivity index (χ1) is 17.4. The molecule has 0 aliphatic carbocycles. The van der Waals surface area contributed by atoms with E-state index in [1.54, 1.807) is 23.1 Å². The van der Waals surface area contributed by atoms with Crippen LogP contribution in [0.4, 0.5) is 4.39 Å². The summed E-state index contributed by atoms with van der Waals surface area (Å²) in [5.74, 6) is -0.0824. The third-order valence-corrected chi connectivity index (χ3v) is 7.41. The SMILES string of the molecule is CCC(C)NC(=O)C(Cc1ccccc1)N(Cc1cccc(Br)c1)C(=O)CSCc1ccccc1F. The molecule has 0 radical (unpaired) electrons. The number of benzene rings is 3. The van der Waals surface area contributed by atoms with Crippen LogP contribution in [0.5, 0.6) is 0 Å². The van der Waals surface area contributed by atoms with E-state index in [2.05, 4.69) is 21.2 Å². The minimum absolute atomic E-state index is 0.00553. The van der Waals surface area contributed by atoms with Gasteiger partial charge in [-0.25, -0.2) is 4.39 Å². The lowest BCUT2D eigenvalue weighted by Gasteiger charge is -2.32. The molecule has 0 saturated carbocycles. The highest BCUT2D eigenvalue weighted by molar-refractivity contribution is 9.10.